The van der Waals surface area contributed by atoms with Crippen LogP contribution in [0, 0.1) is 29.1 Å². The minimum atomic E-state index is -0.856. The van der Waals surface area contributed by atoms with Gasteiger partial charge >= 0.3 is 5.97 Å². The van der Waals surface area contributed by atoms with E-state index in [4.69, 9.17) is 0 Å². The highest BCUT2D eigenvalue weighted by Gasteiger charge is 2.60. The van der Waals surface area contributed by atoms with Gasteiger partial charge in [0.05, 0.1) is 17.4 Å². The Kier molecular flexibility index (Phi) is 3.15. The van der Waals surface area contributed by atoms with Crippen LogP contribution in [0.1, 0.15) is 46.5 Å². The number of carboxylic acid groups (broad SMARTS) is 1. The number of carbonyl (C=O) groups is 3. The number of imide groups is 1. The Balaban J connectivity index is 1.95. The SMILES string of the molecule is CC(C)C1(C)CC(=O)N(C2C3CCC(C3)C2C(=O)O)C1=O. The zero-order chi connectivity index (χ0) is 15.5. The van der Waals surface area contributed by atoms with Crippen LogP contribution in [0.3, 0.4) is 0 Å². The first-order chi connectivity index (χ1) is 9.77. The maximum Gasteiger partial charge on any atom is 0.308 e. The van der Waals surface area contributed by atoms with Gasteiger partial charge in [-0.25, -0.2) is 0 Å². The standard InChI is InChI=1S/C16H23NO4/c1-8(2)16(3)7-11(18)17(15(16)21)13-10-5-4-9(6-10)12(13)14(19)20/h8-10,12-13H,4-7H2,1-3H3,(H,19,20). The van der Waals surface area contributed by atoms with Crippen LogP contribution in [-0.4, -0.2) is 33.8 Å². The molecule has 0 aromatic heterocycles. The summed E-state index contributed by atoms with van der Waals surface area (Å²) < 4.78 is 0. The molecule has 0 spiro atoms. The van der Waals surface area contributed by atoms with Crippen LogP contribution in [-0.2, 0) is 14.4 Å². The largest absolute Gasteiger partial charge is 0.481 e. The first kappa shape index (κ1) is 14.5. The maximum atomic E-state index is 12.8. The second kappa shape index (κ2) is 4.55. The number of aliphatic carboxylic acids is 1. The molecular formula is C16H23NO4. The van der Waals surface area contributed by atoms with Crippen molar-refractivity contribution >= 4 is 17.8 Å². The van der Waals surface area contributed by atoms with E-state index in [1.807, 2.05) is 20.8 Å². The lowest BCUT2D eigenvalue weighted by Crippen LogP contribution is -2.51. The van der Waals surface area contributed by atoms with Gasteiger partial charge in [0.25, 0.3) is 0 Å². The van der Waals surface area contributed by atoms with Crippen molar-refractivity contribution in [2.24, 2.45) is 29.1 Å². The Morgan fingerprint density at radius 1 is 1.29 bits per heavy atom. The van der Waals surface area contributed by atoms with E-state index in [-0.39, 0.29) is 36.0 Å². The Bertz CT molecular complexity index is 514. The minimum Gasteiger partial charge on any atom is -0.481 e. The molecular weight excluding hydrogens is 270 g/mol. The van der Waals surface area contributed by atoms with Crippen LogP contribution in [0.2, 0.25) is 0 Å². The Labute approximate surface area is 124 Å². The van der Waals surface area contributed by atoms with Gasteiger partial charge in [-0.1, -0.05) is 13.8 Å². The quantitative estimate of drug-likeness (QED) is 0.807. The topological polar surface area (TPSA) is 74.7 Å². The molecule has 2 amide bonds. The number of fused-ring (bicyclic) bond motifs is 2. The summed E-state index contributed by atoms with van der Waals surface area (Å²) in [6.07, 6.45) is 2.91. The molecule has 2 saturated carbocycles. The van der Waals surface area contributed by atoms with Crippen molar-refractivity contribution in [1.29, 1.82) is 0 Å². The predicted molar refractivity (Wildman–Crippen MR) is 75.2 cm³/mol. The molecule has 3 fully saturated rings. The van der Waals surface area contributed by atoms with Crippen LogP contribution in [0.15, 0.2) is 0 Å². The molecule has 1 saturated heterocycles. The van der Waals surface area contributed by atoms with Crippen LogP contribution in [0.4, 0.5) is 0 Å². The number of hydrogen-bond donors (Lipinski definition) is 1. The van der Waals surface area contributed by atoms with E-state index in [1.165, 1.54) is 4.90 Å². The van der Waals surface area contributed by atoms with Crippen LogP contribution < -0.4 is 0 Å². The summed E-state index contributed by atoms with van der Waals surface area (Å²) in [7, 11) is 0. The van der Waals surface area contributed by atoms with Gasteiger partial charge in [-0.15, -0.1) is 0 Å². The summed E-state index contributed by atoms with van der Waals surface area (Å²) >= 11 is 0. The second-order valence-corrected chi connectivity index (χ2v) is 7.51. The van der Waals surface area contributed by atoms with E-state index in [0.717, 1.165) is 19.3 Å². The van der Waals surface area contributed by atoms with Gasteiger partial charge in [-0.3, -0.25) is 19.3 Å². The van der Waals surface area contributed by atoms with Gasteiger partial charge in [0.15, 0.2) is 0 Å². The summed E-state index contributed by atoms with van der Waals surface area (Å²) in [4.78, 5) is 38.2. The molecule has 2 bridgehead atoms. The summed E-state index contributed by atoms with van der Waals surface area (Å²) in [6, 6.07) is -0.415. The van der Waals surface area contributed by atoms with Crippen LogP contribution in [0.25, 0.3) is 0 Å². The molecule has 2 aliphatic carbocycles. The fourth-order valence-electron chi connectivity index (χ4n) is 4.60. The van der Waals surface area contributed by atoms with Gasteiger partial charge in [-0.2, -0.15) is 0 Å². The molecule has 1 heterocycles. The van der Waals surface area contributed by atoms with Gasteiger partial charge < -0.3 is 5.11 Å². The normalized spacial score (nSPS) is 42.4. The van der Waals surface area contributed by atoms with Crippen molar-refractivity contribution in [2.75, 3.05) is 0 Å². The average Bonchev–Trinajstić information content (AvgIpc) is 3.03. The molecule has 3 aliphatic rings. The number of amides is 2. The van der Waals surface area contributed by atoms with E-state index in [1.54, 1.807) is 0 Å². The van der Waals surface area contributed by atoms with E-state index >= 15 is 0 Å². The van der Waals surface area contributed by atoms with Crippen LogP contribution in [0.5, 0.6) is 0 Å². The number of likely N-dealkylation sites (tertiary alicyclic amines) is 1. The third kappa shape index (κ3) is 1.86. The van der Waals surface area contributed by atoms with E-state index in [0.29, 0.717) is 0 Å². The molecule has 5 heteroatoms. The highest BCUT2D eigenvalue weighted by atomic mass is 16.4. The zero-order valence-corrected chi connectivity index (χ0v) is 12.8. The van der Waals surface area contributed by atoms with Crippen molar-refractivity contribution in [3.8, 4) is 0 Å². The number of hydrogen-bond acceptors (Lipinski definition) is 3. The molecule has 116 valence electrons. The number of carboxylic acids is 1. The Morgan fingerprint density at radius 2 is 1.90 bits per heavy atom. The van der Waals surface area contributed by atoms with Crippen molar-refractivity contribution in [1.82, 2.24) is 4.90 Å². The lowest BCUT2D eigenvalue weighted by atomic mass is 9.77. The highest BCUT2D eigenvalue weighted by molar-refractivity contribution is 6.06. The summed E-state index contributed by atoms with van der Waals surface area (Å²) in [5, 5.41) is 9.53. The summed E-state index contributed by atoms with van der Waals surface area (Å²) in [5.41, 5.74) is -0.679. The molecule has 0 aromatic carbocycles. The maximum absolute atomic E-state index is 12.8. The molecule has 0 radical (unpaired) electrons. The predicted octanol–water partition coefficient (Wildman–Crippen LogP) is 1.91. The molecule has 5 nitrogen and oxygen atoms in total. The molecule has 21 heavy (non-hydrogen) atoms. The van der Waals surface area contributed by atoms with Crippen LogP contribution >= 0.6 is 0 Å². The monoisotopic (exact) mass is 293 g/mol. The van der Waals surface area contributed by atoms with E-state index in [9.17, 15) is 19.5 Å². The smallest absolute Gasteiger partial charge is 0.308 e. The molecule has 5 unspecified atom stereocenters. The first-order valence-corrected chi connectivity index (χ1v) is 7.86. The van der Waals surface area contributed by atoms with Gasteiger partial charge in [-0.05, 0) is 43.9 Å². The minimum absolute atomic E-state index is 0.0702. The lowest BCUT2D eigenvalue weighted by Gasteiger charge is -2.36. The fraction of sp³-hybridized carbons (Fsp3) is 0.812. The van der Waals surface area contributed by atoms with Gasteiger partial charge in [0, 0.05) is 6.42 Å². The average molecular weight is 293 g/mol. The zero-order valence-electron chi connectivity index (χ0n) is 12.8. The summed E-state index contributed by atoms with van der Waals surface area (Å²) in [6.45, 7) is 5.73. The van der Waals surface area contributed by atoms with Crippen molar-refractivity contribution in [3.63, 3.8) is 0 Å². The number of rotatable bonds is 3. The molecule has 1 aliphatic heterocycles. The van der Waals surface area contributed by atoms with Gasteiger partial charge in [0.2, 0.25) is 11.8 Å². The second-order valence-electron chi connectivity index (χ2n) is 7.51. The van der Waals surface area contributed by atoms with Crippen molar-refractivity contribution < 1.29 is 19.5 Å². The molecule has 0 aromatic rings. The summed E-state index contributed by atoms with van der Waals surface area (Å²) in [5.74, 6) is -1.38. The Morgan fingerprint density at radius 3 is 2.43 bits per heavy atom. The first-order valence-electron chi connectivity index (χ1n) is 7.86. The fourth-order valence-corrected chi connectivity index (χ4v) is 4.60. The molecule has 5 atom stereocenters. The third-order valence-corrected chi connectivity index (χ3v) is 6.22. The number of nitrogens with zero attached hydrogens (tertiary/aromatic N) is 1. The van der Waals surface area contributed by atoms with E-state index in [2.05, 4.69) is 0 Å². The van der Waals surface area contributed by atoms with E-state index < -0.39 is 23.3 Å². The highest BCUT2D eigenvalue weighted by Crippen LogP contribution is 2.53. The Hall–Kier alpha value is -1.39. The molecule has 3 rings (SSSR count). The number of carbonyl (C=O) groups excluding carboxylic acids is 2. The van der Waals surface area contributed by atoms with Crippen molar-refractivity contribution in [2.45, 2.75) is 52.5 Å². The van der Waals surface area contributed by atoms with Crippen molar-refractivity contribution in [3.05, 3.63) is 0 Å². The van der Waals surface area contributed by atoms with Gasteiger partial charge in [0.1, 0.15) is 0 Å². The third-order valence-electron chi connectivity index (χ3n) is 6.22. The molecule has 1 N–H and O–H groups in total. The lowest BCUT2D eigenvalue weighted by molar-refractivity contribution is -0.153.